The lowest BCUT2D eigenvalue weighted by Gasteiger charge is -2.16. The highest BCUT2D eigenvalue weighted by molar-refractivity contribution is 6.02. The fourth-order valence-corrected chi connectivity index (χ4v) is 4.05. The van der Waals surface area contributed by atoms with Crippen molar-refractivity contribution < 1.29 is 9.18 Å². The van der Waals surface area contributed by atoms with Crippen LogP contribution in [0.5, 0.6) is 0 Å². The molecule has 0 spiro atoms. The summed E-state index contributed by atoms with van der Waals surface area (Å²) in [5.41, 5.74) is 3.86. The van der Waals surface area contributed by atoms with Crippen LogP contribution in [0.4, 0.5) is 4.39 Å². The minimum absolute atomic E-state index is 0.0536. The number of aromatic nitrogens is 3. The largest absolute Gasteiger partial charge is 0.310 e. The highest BCUT2D eigenvalue weighted by Crippen LogP contribution is 2.36. The van der Waals surface area contributed by atoms with Gasteiger partial charge >= 0.3 is 0 Å². The van der Waals surface area contributed by atoms with E-state index in [1.165, 1.54) is 10.7 Å². The molecule has 2 aromatic heterocycles. The summed E-state index contributed by atoms with van der Waals surface area (Å²) in [5, 5.41) is 6.22. The first-order valence-corrected chi connectivity index (χ1v) is 9.93. The molecule has 0 N–H and O–H groups in total. The molecule has 4 aromatic rings. The number of nitrogens with zero attached hydrogens (tertiary/aromatic N) is 3. The number of fused-ring (bicyclic) bond motifs is 2. The van der Waals surface area contributed by atoms with Crippen LogP contribution in [0, 0.1) is 18.2 Å². The molecular weight excluding hydrogens is 365 g/mol. The Morgan fingerprint density at radius 2 is 1.79 bits per heavy atom. The van der Waals surface area contributed by atoms with Crippen LogP contribution in [0.1, 0.15) is 56.6 Å². The molecule has 2 aromatic carbocycles. The number of carbonyl (C=O) groups is 1. The van der Waals surface area contributed by atoms with Crippen molar-refractivity contribution in [3.63, 3.8) is 0 Å². The van der Waals surface area contributed by atoms with Gasteiger partial charge in [-0.2, -0.15) is 9.78 Å². The zero-order chi connectivity index (χ0) is 21.1. The molecule has 0 radical (unpaired) electrons. The minimum Gasteiger partial charge on any atom is -0.310 e. The Kier molecular flexibility index (Phi) is 4.37. The lowest BCUT2D eigenvalue weighted by Crippen LogP contribution is -2.27. The van der Waals surface area contributed by atoms with Crippen molar-refractivity contribution in [2.45, 2.75) is 47.5 Å². The Balaban J connectivity index is 2.09. The zero-order valence-corrected chi connectivity index (χ0v) is 17.7. The second-order valence-electron chi connectivity index (χ2n) is 8.99. The Labute approximate surface area is 169 Å². The fourth-order valence-electron chi connectivity index (χ4n) is 4.05. The maximum atomic E-state index is 14.7. The number of carbonyl (C=O) groups excluding carboxylic acids is 1. The van der Waals surface area contributed by atoms with Gasteiger partial charge in [0.15, 0.2) is 0 Å². The average Bonchev–Trinajstić information content (AvgIpc) is 3.18. The van der Waals surface area contributed by atoms with Crippen molar-refractivity contribution in [1.82, 2.24) is 14.3 Å². The quantitative estimate of drug-likeness (QED) is 0.406. The van der Waals surface area contributed by atoms with Crippen LogP contribution in [0.2, 0.25) is 0 Å². The molecule has 0 saturated heterocycles. The number of halogens is 1. The van der Waals surface area contributed by atoms with Crippen molar-refractivity contribution in [2.75, 3.05) is 0 Å². The molecular formula is C24H26FN3O. The van der Waals surface area contributed by atoms with E-state index in [9.17, 15) is 9.18 Å². The first kappa shape index (κ1) is 19.4. The predicted molar refractivity (Wildman–Crippen MR) is 115 cm³/mol. The van der Waals surface area contributed by atoms with Crippen molar-refractivity contribution in [1.29, 1.82) is 0 Å². The molecule has 0 saturated carbocycles. The van der Waals surface area contributed by atoms with Crippen LogP contribution in [0.3, 0.4) is 0 Å². The van der Waals surface area contributed by atoms with Gasteiger partial charge in [0, 0.05) is 21.9 Å². The van der Waals surface area contributed by atoms with Crippen LogP contribution in [0.25, 0.3) is 27.5 Å². The number of hydrogen-bond donors (Lipinski definition) is 0. The molecule has 4 rings (SSSR count). The van der Waals surface area contributed by atoms with Gasteiger partial charge in [-0.25, -0.2) is 4.39 Å². The lowest BCUT2D eigenvalue weighted by molar-refractivity contribution is 0.0755. The third-order valence-corrected chi connectivity index (χ3v) is 5.43. The molecule has 150 valence electrons. The Morgan fingerprint density at radius 1 is 1.10 bits per heavy atom. The van der Waals surface area contributed by atoms with E-state index in [2.05, 4.69) is 25.9 Å². The first-order chi connectivity index (χ1) is 13.6. The van der Waals surface area contributed by atoms with Crippen LogP contribution in [0.15, 0.2) is 42.6 Å². The number of para-hydroxylation sites is 1. The molecule has 0 amide bonds. The van der Waals surface area contributed by atoms with E-state index < -0.39 is 5.41 Å². The minimum atomic E-state index is -0.537. The molecule has 0 bridgehead atoms. The van der Waals surface area contributed by atoms with Gasteiger partial charge < -0.3 is 4.57 Å². The molecule has 0 atom stereocenters. The highest BCUT2D eigenvalue weighted by Gasteiger charge is 2.26. The maximum Gasteiger partial charge on any atom is 0.252 e. The van der Waals surface area contributed by atoms with Crippen LogP contribution in [-0.2, 0) is 0 Å². The zero-order valence-electron chi connectivity index (χ0n) is 17.7. The average molecular weight is 391 g/mol. The highest BCUT2D eigenvalue weighted by atomic mass is 19.1. The monoisotopic (exact) mass is 391 g/mol. The summed E-state index contributed by atoms with van der Waals surface area (Å²) in [7, 11) is 0. The molecule has 29 heavy (non-hydrogen) atoms. The molecule has 0 aliphatic rings. The summed E-state index contributed by atoms with van der Waals surface area (Å²) in [6.45, 7) is 12.0. The van der Waals surface area contributed by atoms with Gasteiger partial charge in [0.05, 0.1) is 22.9 Å². The molecule has 0 aliphatic carbocycles. The van der Waals surface area contributed by atoms with E-state index in [1.807, 2.05) is 43.5 Å². The summed E-state index contributed by atoms with van der Waals surface area (Å²) in [6.07, 6.45) is 1.71. The van der Waals surface area contributed by atoms with Crippen LogP contribution in [-0.4, -0.2) is 20.3 Å². The fraction of sp³-hybridized carbons (Fsp3) is 0.333. The number of benzene rings is 2. The van der Waals surface area contributed by atoms with E-state index in [0.717, 1.165) is 33.1 Å². The molecule has 2 heterocycles. The van der Waals surface area contributed by atoms with Gasteiger partial charge in [0.1, 0.15) is 5.82 Å². The summed E-state index contributed by atoms with van der Waals surface area (Å²) in [4.78, 5) is 12.9. The summed E-state index contributed by atoms with van der Waals surface area (Å²) in [6, 6.07) is 10.9. The lowest BCUT2D eigenvalue weighted by atomic mass is 9.95. The van der Waals surface area contributed by atoms with Gasteiger partial charge in [-0.3, -0.25) is 4.79 Å². The number of hydrogen-bond acceptors (Lipinski definition) is 2. The maximum absolute atomic E-state index is 14.7. The van der Waals surface area contributed by atoms with E-state index >= 15 is 0 Å². The van der Waals surface area contributed by atoms with Gasteiger partial charge in [-0.1, -0.05) is 46.8 Å². The summed E-state index contributed by atoms with van der Waals surface area (Å²) < 4.78 is 18.2. The van der Waals surface area contributed by atoms with E-state index in [0.29, 0.717) is 5.69 Å². The van der Waals surface area contributed by atoms with E-state index in [-0.39, 0.29) is 17.6 Å². The topological polar surface area (TPSA) is 39.8 Å². The second-order valence-corrected chi connectivity index (χ2v) is 8.99. The van der Waals surface area contributed by atoms with E-state index in [4.69, 9.17) is 0 Å². The van der Waals surface area contributed by atoms with Crippen molar-refractivity contribution in [3.8, 4) is 5.69 Å². The second kappa shape index (κ2) is 6.55. The first-order valence-electron chi connectivity index (χ1n) is 9.93. The third kappa shape index (κ3) is 2.96. The van der Waals surface area contributed by atoms with Gasteiger partial charge in [0.2, 0.25) is 0 Å². The van der Waals surface area contributed by atoms with Crippen molar-refractivity contribution >= 4 is 27.7 Å². The molecule has 0 fully saturated rings. The molecule has 4 nitrogen and oxygen atoms in total. The van der Waals surface area contributed by atoms with Gasteiger partial charge in [0.25, 0.3) is 5.91 Å². The van der Waals surface area contributed by atoms with Gasteiger partial charge in [-0.15, -0.1) is 0 Å². The Hall–Kier alpha value is -2.95. The summed E-state index contributed by atoms with van der Waals surface area (Å²) in [5.74, 6) is -0.107. The Bertz CT molecular complexity index is 1250. The van der Waals surface area contributed by atoms with E-state index in [1.54, 1.807) is 18.3 Å². The third-order valence-electron chi connectivity index (χ3n) is 5.43. The molecule has 0 aliphatic heterocycles. The number of aryl methyl sites for hydroxylation is 1. The van der Waals surface area contributed by atoms with Crippen molar-refractivity contribution in [2.24, 2.45) is 5.41 Å². The smallest absolute Gasteiger partial charge is 0.252 e. The molecule has 0 unspecified atom stereocenters. The standard InChI is InChI=1S/C24H26FN3O/c1-14(2)22-15(3)17-12-20-16(13-26-28(20)23(29)24(4,5)6)11-21(17)27(22)19-10-8-7-9-18(19)25/h7-14H,1-6H3. The van der Waals surface area contributed by atoms with Gasteiger partial charge in [-0.05, 0) is 42.7 Å². The van der Waals surface area contributed by atoms with Crippen LogP contribution < -0.4 is 0 Å². The Morgan fingerprint density at radius 3 is 2.41 bits per heavy atom. The summed E-state index contributed by atoms with van der Waals surface area (Å²) >= 11 is 0. The molecule has 5 heteroatoms. The normalized spacial score (nSPS) is 12.4. The SMILES string of the molecule is Cc1c(C(C)C)n(-c2ccccc2F)c2cc3cnn(C(=O)C(C)(C)C)c3cc12. The number of rotatable bonds is 2. The van der Waals surface area contributed by atoms with Crippen molar-refractivity contribution in [3.05, 3.63) is 59.7 Å². The predicted octanol–water partition coefficient (Wildman–Crippen LogP) is 6.24. The van der Waals surface area contributed by atoms with Crippen LogP contribution >= 0.6 is 0 Å².